The van der Waals surface area contributed by atoms with Crippen molar-refractivity contribution in [3.8, 4) is 5.88 Å². The maximum Gasteiger partial charge on any atom is 0.356 e. The van der Waals surface area contributed by atoms with Crippen LogP contribution in [0.15, 0.2) is 12.4 Å². The van der Waals surface area contributed by atoms with E-state index in [1.54, 1.807) is 0 Å². The molecule has 0 saturated carbocycles. The van der Waals surface area contributed by atoms with Crippen molar-refractivity contribution < 1.29 is 19.4 Å². The van der Waals surface area contributed by atoms with Crippen LogP contribution >= 0.6 is 0 Å². The van der Waals surface area contributed by atoms with E-state index in [-0.39, 0.29) is 17.7 Å². The van der Waals surface area contributed by atoms with Gasteiger partial charge in [0.2, 0.25) is 5.88 Å². The Bertz CT molecular complexity index is 337. The number of carboxylic acid groups (broad SMARTS) is 1. The van der Waals surface area contributed by atoms with Crippen LogP contribution < -0.4 is 4.74 Å². The zero-order valence-corrected chi connectivity index (χ0v) is 9.21. The Labute approximate surface area is 93.2 Å². The van der Waals surface area contributed by atoms with Crippen LogP contribution in [0.25, 0.3) is 0 Å². The standard InChI is InChI=1S/C10H14N2O4/c1-7(2)15-3-4-16-9-6-11-8(5-12-9)10(13)14/h5-7H,3-4H2,1-2H3,(H,13,14). The van der Waals surface area contributed by atoms with E-state index in [1.165, 1.54) is 6.20 Å². The Morgan fingerprint density at radius 2 is 2.12 bits per heavy atom. The van der Waals surface area contributed by atoms with Gasteiger partial charge in [-0.1, -0.05) is 0 Å². The molecule has 6 nitrogen and oxygen atoms in total. The molecule has 0 atom stereocenters. The topological polar surface area (TPSA) is 81.5 Å². The highest BCUT2D eigenvalue weighted by Gasteiger charge is 2.05. The zero-order chi connectivity index (χ0) is 12.0. The number of aromatic nitrogens is 2. The minimum Gasteiger partial charge on any atom is -0.476 e. The second-order valence-electron chi connectivity index (χ2n) is 3.31. The summed E-state index contributed by atoms with van der Waals surface area (Å²) in [5.74, 6) is -0.820. The van der Waals surface area contributed by atoms with Crippen LogP contribution in [0.1, 0.15) is 24.3 Å². The van der Waals surface area contributed by atoms with Crippen molar-refractivity contribution in [2.75, 3.05) is 13.2 Å². The third-order valence-electron chi connectivity index (χ3n) is 1.63. The first-order chi connectivity index (χ1) is 7.59. The fraction of sp³-hybridized carbons (Fsp3) is 0.500. The minimum atomic E-state index is -1.11. The van der Waals surface area contributed by atoms with Crippen LogP contribution in [0.4, 0.5) is 0 Å². The summed E-state index contributed by atoms with van der Waals surface area (Å²) in [5.41, 5.74) is -0.106. The monoisotopic (exact) mass is 226 g/mol. The Balaban J connectivity index is 2.35. The van der Waals surface area contributed by atoms with Crippen molar-refractivity contribution in [2.45, 2.75) is 20.0 Å². The number of hydrogen-bond donors (Lipinski definition) is 1. The molecule has 0 spiro atoms. The molecule has 0 saturated heterocycles. The third kappa shape index (κ3) is 4.22. The molecular formula is C10H14N2O4. The summed E-state index contributed by atoms with van der Waals surface area (Å²) in [5, 5.41) is 8.59. The fourth-order valence-electron chi connectivity index (χ4n) is 0.931. The number of carboxylic acids is 1. The Morgan fingerprint density at radius 3 is 2.62 bits per heavy atom. The lowest BCUT2D eigenvalue weighted by Crippen LogP contribution is -2.12. The third-order valence-corrected chi connectivity index (χ3v) is 1.63. The molecule has 1 aromatic heterocycles. The van der Waals surface area contributed by atoms with Crippen LogP contribution in [0, 0.1) is 0 Å². The van der Waals surface area contributed by atoms with Crippen LogP contribution in [-0.2, 0) is 4.74 Å². The summed E-state index contributed by atoms with van der Waals surface area (Å²) in [7, 11) is 0. The molecule has 0 aromatic carbocycles. The van der Waals surface area contributed by atoms with Gasteiger partial charge >= 0.3 is 5.97 Å². The van der Waals surface area contributed by atoms with E-state index < -0.39 is 5.97 Å². The molecule has 0 amide bonds. The number of carbonyl (C=O) groups is 1. The van der Waals surface area contributed by atoms with Crippen molar-refractivity contribution in [1.82, 2.24) is 9.97 Å². The molecule has 6 heteroatoms. The van der Waals surface area contributed by atoms with Gasteiger partial charge in [-0.2, -0.15) is 0 Å². The van der Waals surface area contributed by atoms with Crippen molar-refractivity contribution >= 4 is 5.97 Å². The van der Waals surface area contributed by atoms with Gasteiger partial charge in [0.05, 0.1) is 25.1 Å². The summed E-state index contributed by atoms with van der Waals surface area (Å²) < 4.78 is 10.5. The van der Waals surface area contributed by atoms with E-state index in [2.05, 4.69) is 9.97 Å². The predicted molar refractivity (Wildman–Crippen MR) is 55.6 cm³/mol. The van der Waals surface area contributed by atoms with Crippen LogP contribution in [-0.4, -0.2) is 40.4 Å². The molecule has 16 heavy (non-hydrogen) atoms. The van der Waals surface area contributed by atoms with Gasteiger partial charge in [0.1, 0.15) is 6.61 Å². The van der Waals surface area contributed by atoms with Crippen molar-refractivity contribution in [2.24, 2.45) is 0 Å². The predicted octanol–water partition coefficient (Wildman–Crippen LogP) is 0.979. The molecule has 0 aliphatic heterocycles. The molecule has 88 valence electrons. The van der Waals surface area contributed by atoms with E-state index in [9.17, 15) is 4.79 Å². The van der Waals surface area contributed by atoms with Gasteiger partial charge in [-0.3, -0.25) is 0 Å². The number of rotatable bonds is 6. The van der Waals surface area contributed by atoms with E-state index >= 15 is 0 Å². The molecule has 0 aliphatic carbocycles. The summed E-state index contributed by atoms with van der Waals surface area (Å²) >= 11 is 0. The first-order valence-corrected chi connectivity index (χ1v) is 4.89. The van der Waals surface area contributed by atoms with Crippen molar-refractivity contribution in [3.63, 3.8) is 0 Å². The summed E-state index contributed by atoms with van der Waals surface area (Å²) in [4.78, 5) is 17.9. The minimum absolute atomic E-state index is 0.106. The molecule has 1 N–H and O–H groups in total. The van der Waals surface area contributed by atoms with Crippen LogP contribution in [0.3, 0.4) is 0 Å². The first kappa shape index (κ1) is 12.4. The molecule has 0 bridgehead atoms. The number of ether oxygens (including phenoxy) is 2. The molecule has 1 aromatic rings. The van der Waals surface area contributed by atoms with Crippen molar-refractivity contribution in [3.05, 3.63) is 18.1 Å². The number of aromatic carboxylic acids is 1. The smallest absolute Gasteiger partial charge is 0.356 e. The quantitative estimate of drug-likeness (QED) is 0.728. The summed E-state index contributed by atoms with van der Waals surface area (Å²) in [6, 6.07) is 0. The molecule has 1 heterocycles. The highest BCUT2D eigenvalue weighted by atomic mass is 16.5. The molecule has 0 fully saturated rings. The zero-order valence-electron chi connectivity index (χ0n) is 9.21. The molecule has 0 unspecified atom stereocenters. The second-order valence-corrected chi connectivity index (χ2v) is 3.31. The van der Waals surface area contributed by atoms with Gasteiger partial charge in [0.15, 0.2) is 5.69 Å². The lowest BCUT2D eigenvalue weighted by atomic mass is 10.5. The lowest BCUT2D eigenvalue weighted by molar-refractivity contribution is 0.0540. The van der Waals surface area contributed by atoms with Gasteiger partial charge in [0, 0.05) is 0 Å². The summed E-state index contributed by atoms with van der Waals surface area (Å²) in [6.45, 7) is 4.68. The van der Waals surface area contributed by atoms with Gasteiger partial charge in [0.25, 0.3) is 0 Å². The van der Waals surface area contributed by atoms with Gasteiger partial charge in [-0.15, -0.1) is 0 Å². The molecular weight excluding hydrogens is 212 g/mol. The SMILES string of the molecule is CC(C)OCCOc1cnc(C(=O)O)cn1. The van der Waals surface area contributed by atoms with E-state index in [0.717, 1.165) is 6.20 Å². The highest BCUT2D eigenvalue weighted by molar-refractivity contribution is 5.84. The maximum absolute atomic E-state index is 10.5. The van der Waals surface area contributed by atoms with Crippen molar-refractivity contribution in [1.29, 1.82) is 0 Å². The van der Waals surface area contributed by atoms with E-state index in [4.69, 9.17) is 14.6 Å². The Morgan fingerprint density at radius 1 is 1.38 bits per heavy atom. The van der Waals surface area contributed by atoms with Crippen LogP contribution in [0.2, 0.25) is 0 Å². The van der Waals surface area contributed by atoms with E-state index in [1.807, 2.05) is 13.8 Å². The van der Waals surface area contributed by atoms with Crippen LogP contribution in [0.5, 0.6) is 5.88 Å². The normalized spacial score (nSPS) is 10.4. The maximum atomic E-state index is 10.5. The highest BCUT2D eigenvalue weighted by Crippen LogP contribution is 2.03. The van der Waals surface area contributed by atoms with E-state index in [0.29, 0.717) is 13.2 Å². The molecule has 0 radical (unpaired) electrons. The van der Waals surface area contributed by atoms with Gasteiger partial charge < -0.3 is 14.6 Å². The Hall–Kier alpha value is -1.69. The number of hydrogen-bond acceptors (Lipinski definition) is 5. The second kappa shape index (κ2) is 6.02. The average molecular weight is 226 g/mol. The Kier molecular flexibility index (Phi) is 4.65. The van der Waals surface area contributed by atoms with Gasteiger partial charge in [-0.25, -0.2) is 14.8 Å². The summed E-state index contributed by atoms with van der Waals surface area (Å²) in [6.07, 6.45) is 2.59. The largest absolute Gasteiger partial charge is 0.476 e. The van der Waals surface area contributed by atoms with Gasteiger partial charge in [-0.05, 0) is 13.8 Å². The molecule has 1 rings (SSSR count). The molecule has 0 aliphatic rings. The number of nitrogens with zero attached hydrogens (tertiary/aromatic N) is 2. The fourth-order valence-corrected chi connectivity index (χ4v) is 0.931. The first-order valence-electron chi connectivity index (χ1n) is 4.89. The lowest BCUT2D eigenvalue weighted by Gasteiger charge is -2.08. The average Bonchev–Trinajstić information content (AvgIpc) is 2.25.